The van der Waals surface area contributed by atoms with E-state index in [9.17, 15) is 4.79 Å². The predicted octanol–water partition coefficient (Wildman–Crippen LogP) is 2.63. The third-order valence-corrected chi connectivity index (χ3v) is 5.60. The number of nitrogens with one attached hydrogen (secondary N) is 1. The normalized spacial score (nSPS) is 21.1. The van der Waals surface area contributed by atoms with Crippen LogP contribution in [-0.4, -0.2) is 40.4 Å². The van der Waals surface area contributed by atoms with Gasteiger partial charge in [0, 0.05) is 56.0 Å². The van der Waals surface area contributed by atoms with Crippen LogP contribution in [0.5, 0.6) is 0 Å². The van der Waals surface area contributed by atoms with Crippen molar-refractivity contribution in [3.05, 3.63) is 59.2 Å². The van der Waals surface area contributed by atoms with Crippen LogP contribution in [0.2, 0.25) is 0 Å². The minimum Gasteiger partial charge on any atom is -0.341 e. The molecule has 1 aromatic carbocycles. The Morgan fingerprint density at radius 1 is 1.31 bits per heavy atom. The molecule has 3 heterocycles. The average Bonchev–Trinajstić information content (AvgIpc) is 2.73. The molecule has 0 bridgehead atoms. The number of hydrogen-bond acceptors (Lipinski definition) is 4. The van der Waals surface area contributed by atoms with Gasteiger partial charge in [0.1, 0.15) is 5.82 Å². The molecule has 2 aliphatic heterocycles. The summed E-state index contributed by atoms with van der Waals surface area (Å²) >= 11 is 0. The number of carbonyl (C=O) groups excluding carboxylic acids is 1. The summed E-state index contributed by atoms with van der Waals surface area (Å²) in [7, 11) is 0. The lowest BCUT2D eigenvalue weighted by Crippen LogP contribution is -2.41. The van der Waals surface area contributed by atoms with Crippen molar-refractivity contribution >= 4 is 5.91 Å². The fourth-order valence-corrected chi connectivity index (χ4v) is 3.99. The third kappa shape index (κ3) is 3.49. The molecule has 0 aliphatic carbocycles. The van der Waals surface area contributed by atoms with Gasteiger partial charge >= 0.3 is 0 Å². The molecule has 5 nitrogen and oxygen atoms in total. The molecule has 0 radical (unpaired) electrons. The molecule has 2 atom stereocenters. The smallest absolute Gasteiger partial charge is 0.229 e. The summed E-state index contributed by atoms with van der Waals surface area (Å²) in [5, 5.41) is 3.36. The van der Waals surface area contributed by atoms with Crippen LogP contribution in [0.1, 0.15) is 54.2 Å². The van der Waals surface area contributed by atoms with Crippen molar-refractivity contribution in [1.29, 1.82) is 0 Å². The summed E-state index contributed by atoms with van der Waals surface area (Å²) in [5.74, 6) is 1.26. The SMILES string of the molecule is C[C@@H](C(=O)N1CCC[C@@H](c2ncc3c(n2)CCNC3)C1)c1ccccc1. The highest BCUT2D eigenvalue weighted by Gasteiger charge is 2.30. The van der Waals surface area contributed by atoms with Crippen LogP contribution in [0.3, 0.4) is 0 Å². The topological polar surface area (TPSA) is 58.1 Å². The first kappa shape index (κ1) is 17.2. The summed E-state index contributed by atoms with van der Waals surface area (Å²) < 4.78 is 0. The molecule has 0 spiro atoms. The van der Waals surface area contributed by atoms with E-state index < -0.39 is 0 Å². The van der Waals surface area contributed by atoms with Gasteiger partial charge in [0.2, 0.25) is 5.91 Å². The van der Waals surface area contributed by atoms with Gasteiger partial charge in [0.15, 0.2) is 0 Å². The number of carbonyl (C=O) groups is 1. The summed E-state index contributed by atoms with van der Waals surface area (Å²) in [6.45, 7) is 5.41. The summed E-state index contributed by atoms with van der Waals surface area (Å²) in [6, 6.07) is 10.0. The van der Waals surface area contributed by atoms with Gasteiger partial charge in [-0.05, 0) is 25.3 Å². The second-order valence-electron chi connectivity index (χ2n) is 7.38. The van der Waals surface area contributed by atoms with E-state index in [1.165, 1.54) is 11.3 Å². The zero-order valence-corrected chi connectivity index (χ0v) is 15.3. The molecule has 0 saturated carbocycles. The molecule has 1 aromatic heterocycles. The molecule has 1 saturated heterocycles. The van der Waals surface area contributed by atoms with E-state index in [2.05, 4.69) is 10.3 Å². The van der Waals surface area contributed by atoms with Gasteiger partial charge < -0.3 is 10.2 Å². The van der Waals surface area contributed by atoms with Crippen molar-refractivity contribution < 1.29 is 4.79 Å². The van der Waals surface area contributed by atoms with Crippen molar-refractivity contribution in [2.75, 3.05) is 19.6 Å². The van der Waals surface area contributed by atoms with Gasteiger partial charge in [-0.25, -0.2) is 9.97 Å². The summed E-state index contributed by atoms with van der Waals surface area (Å²) in [5.41, 5.74) is 3.47. The first-order valence-electron chi connectivity index (χ1n) is 9.61. The predicted molar refractivity (Wildman–Crippen MR) is 101 cm³/mol. The lowest BCUT2D eigenvalue weighted by atomic mass is 9.93. The highest BCUT2D eigenvalue weighted by atomic mass is 16.2. The van der Waals surface area contributed by atoms with Gasteiger partial charge in [0.25, 0.3) is 0 Å². The minimum absolute atomic E-state index is 0.106. The van der Waals surface area contributed by atoms with Crippen LogP contribution in [0.15, 0.2) is 36.5 Å². The van der Waals surface area contributed by atoms with Crippen LogP contribution in [-0.2, 0) is 17.8 Å². The minimum atomic E-state index is -0.106. The molecular weight excluding hydrogens is 324 g/mol. The fourth-order valence-electron chi connectivity index (χ4n) is 3.99. The quantitative estimate of drug-likeness (QED) is 0.924. The Bertz CT molecular complexity index is 777. The number of aromatic nitrogens is 2. The number of benzene rings is 1. The Balaban J connectivity index is 1.48. The van der Waals surface area contributed by atoms with Crippen molar-refractivity contribution in [2.24, 2.45) is 0 Å². The van der Waals surface area contributed by atoms with Crippen LogP contribution >= 0.6 is 0 Å². The van der Waals surface area contributed by atoms with E-state index in [-0.39, 0.29) is 17.7 Å². The zero-order chi connectivity index (χ0) is 17.9. The molecule has 1 amide bonds. The first-order chi connectivity index (χ1) is 12.7. The van der Waals surface area contributed by atoms with Crippen molar-refractivity contribution in [3.8, 4) is 0 Å². The lowest BCUT2D eigenvalue weighted by Gasteiger charge is -2.34. The third-order valence-electron chi connectivity index (χ3n) is 5.60. The van der Waals surface area contributed by atoms with Crippen LogP contribution in [0, 0.1) is 0 Å². The molecule has 26 heavy (non-hydrogen) atoms. The first-order valence-corrected chi connectivity index (χ1v) is 9.61. The molecule has 5 heteroatoms. The van der Waals surface area contributed by atoms with E-state index in [1.54, 1.807) is 0 Å². The Morgan fingerprint density at radius 3 is 3.00 bits per heavy atom. The Morgan fingerprint density at radius 2 is 2.15 bits per heavy atom. The molecule has 4 rings (SSSR count). The number of likely N-dealkylation sites (tertiary alicyclic amines) is 1. The molecule has 136 valence electrons. The number of amides is 1. The maximum atomic E-state index is 13.0. The number of piperidine rings is 1. The Labute approximate surface area is 154 Å². The molecule has 2 aliphatic rings. The number of fused-ring (bicyclic) bond motifs is 1. The van der Waals surface area contributed by atoms with Gasteiger partial charge in [0.05, 0.1) is 5.92 Å². The van der Waals surface area contributed by atoms with Gasteiger partial charge in [-0.2, -0.15) is 0 Å². The fraction of sp³-hybridized carbons (Fsp3) is 0.476. The average molecular weight is 350 g/mol. The largest absolute Gasteiger partial charge is 0.341 e. The van der Waals surface area contributed by atoms with E-state index in [4.69, 9.17) is 4.98 Å². The van der Waals surface area contributed by atoms with Gasteiger partial charge in [-0.1, -0.05) is 30.3 Å². The van der Waals surface area contributed by atoms with E-state index >= 15 is 0 Å². The van der Waals surface area contributed by atoms with Gasteiger partial charge in [-0.3, -0.25) is 4.79 Å². The summed E-state index contributed by atoms with van der Waals surface area (Å²) in [4.78, 5) is 24.5. The summed E-state index contributed by atoms with van der Waals surface area (Å²) in [6.07, 6.45) is 5.00. The van der Waals surface area contributed by atoms with Crippen LogP contribution in [0.25, 0.3) is 0 Å². The molecule has 2 aromatic rings. The highest BCUT2D eigenvalue weighted by molar-refractivity contribution is 5.83. The molecule has 1 N–H and O–H groups in total. The number of nitrogens with zero attached hydrogens (tertiary/aromatic N) is 3. The van der Waals surface area contributed by atoms with Crippen LogP contribution in [0.4, 0.5) is 0 Å². The van der Waals surface area contributed by atoms with E-state index in [1.807, 2.05) is 48.4 Å². The second kappa shape index (κ2) is 7.54. The van der Waals surface area contributed by atoms with E-state index in [0.29, 0.717) is 0 Å². The number of rotatable bonds is 3. The van der Waals surface area contributed by atoms with Crippen molar-refractivity contribution in [3.63, 3.8) is 0 Å². The lowest BCUT2D eigenvalue weighted by molar-refractivity contribution is -0.133. The molecule has 1 fully saturated rings. The van der Waals surface area contributed by atoms with E-state index in [0.717, 1.165) is 56.8 Å². The highest BCUT2D eigenvalue weighted by Crippen LogP contribution is 2.28. The second-order valence-corrected chi connectivity index (χ2v) is 7.38. The zero-order valence-electron chi connectivity index (χ0n) is 15.3. The maximum absolute atomic E-state index is 13.0. The molecule has 0 unspecified atom stereocenters. The maximum Gasteiger partial charge on any atom is 0.229 e. The van der Waals surface area contributed by atoms with Crippen molar-refractivity contribution in [2.45, 2.75) is 44.6 Å². The Kier molecular flexibility index (Phi) is 4.98. The van der Waals surface area contributed by atoms with Crippen LogP contribution < -0.4 is 5.32 Å². The van der Waals surface area contributed by atoms with Gasteiger partial charge in [-0.15, -0.1) is 0 Å². The molecular formula is C21H26N4O. The van der Waals surface area contributed by atoms with Crippen molar-refractivity contribution in [1.82, 2.24) is 20.2 Å². The monoisotopic (exact) mass is 350 g/mol. The standard InChI is InChI=1S/C21H26N4O/c1-15(16-6-3-2-4-7-16)21(26)25-11-5-8-17(14-25)20-23-13-18-12-22-10-9-19(18)24-20/h2-4,6-7,13,15,17,22H,5,8-12,14H2,1H3/t15-,17-/m1/s1. The Hall–Kier alpha value is -2.27. The number of hydrogen-bond donors (Lipinski definition) is 1.